The van der Waals surface area contributed by atoms with Crippen LogP contribution in [-0.4, -0.2) is 41.1 Å². The van der Waals surface area contributed by atoms with Crippen molar-refractivity contribution < 1.29 is 14.7 Å². The molecule has 1 saturated carbocycles. The Kier molecular flexibility index (Phi) is 5.05. The van der Waals surface area contributed by atoms with E-state index in [1.165, 1.54) is 32.1 Å². The topological polar surface area (TPSA) is 69.6 Å². The molecule has 1 aliphatic heterocycles. The molecule has 5 nitrogen and oxygen atoms in total. The Morgan fingerprint density at radius 1 is 1.05 bits per heavy atom. The molecule has 0 atom stereocenters. The number of likely N-dealkylation sites (tertiary alicyclic amines) is 1. The van der Waals surface area contributed by atoms with Crippen LogP contribution in [0, 0.1) is 5.92 Å². The maximum atomic E-state index is 12.0. The van der Waals surface area contributed by atoms with E-state index in [1.54, 1.807) is 4.90 Å². The Morgan fingerprint density at radius 3 is 2.21 bits per heavy atom. The second-order valence-electron chi connectivity index (χ2n) is 5.86. The second kappa shape index (κ2) is 6.78. The molecule has 2 rings (SSSR count). The highest BCUT2D eigenvalue weighted by molar-refractivity contribution is 5.76. The average molecular weight is 268 g/mol. The second-order valence-corrected chi connectivity index (χ2v) is 5.86. The van der Waals surface area contributed by atoms with Gasteiger partial charge in [-0.3, -0.25) is 4.79 Å². The Balaban J connectivity index is 1.68. The van der Waals surface area contributed by atoms with Gasteiger partial charge in [-0.25, -0.2) is 4.79 Å². The van der Waals surface area contributed by atoms with Crippen molar-refractivity contribution in [3.8, 4) is 0 Å². The van der Waals surface area contributed by atoms with Crippen molar-refractivity contribution in [1.29, 1.82) is 0 Å². The van der Waals surface area contributed by atoms with E-state index in [9.17, 15) is 9.59 Å². The summed E-state index contributed by atoms with van der Waals surface area (Å²) in [6.45, 7) is 1.18. The van der Waals surface area contributed by atoms with Crippen molar-refractivity contribution in [3.63, 3.8) is 0 Å². The van der Waals surface area contributed by atoms with Gasteiger partial charge in [-0.05, 0) is 12.8 Å². The first kappa shape index (κ1) is 14.2. The standard InChI is InChI=1S/C14H24N2O3/c17-13(18)8-11-9-16(10-11)14(19)15-12-6-4-2-1-3-5-7-12/h11-12H,1-10H2,(H,15,19)(H,17,18). The number of carbonyl (C=O) groups excluding carboxylic acids is 1. The number of carboxylic acid groups (broad SMARTS) is 1. The normalized spacial score (nSPS) is 22.2. The lowest BCUT2D eigenvalue weighted by atomic mass is 9.95. The highest BCUT2D eigenvalue weighted by atomic mass is 16.4. The molecule has 0 radical (unpaired) electrons. The predicted molar refractivity (Wildman–Crippen MR) is 72.0 cm³/mol. The molecule has 1 heterocycles. The molecule has 0 aromatic carbocycles. The molecule has 5 heteroatoms. The molecular formula is C14H24N2O3. The maximum absolute atomic E-state index is 12.0. The van der Waals surface area contributed by atoms with Crippen LogP contribution in [0.15, 0.2) is 0 Å². The molecular weight excluding hydrogens is 244 g/mol. The van der Waals surface area contributed by atoms with E-state index in [0.717, 1.165) is 12.8 Å². The van der Waals surface area contributed by atoms with Gasteiger partial charge in [0, 0.05) is 25.0 Å². The van der Waals surface area contributed by atoms with Gasteiger partial charge in [0.1, 0.15) is 0 Å². The van der Waals surface area contributed by atoms with Crippen LogP contribution in [0.2, 0.25) is 0 Å². The molecule has 108 valence electrons. The van der Waals surface area contributed by atoms with Crippen molar-refractivity contribution in [2.75, 3.05) is 13.1 Å². The smallest absolute Gasteiger partial charge is 0.317 e. The molecule has 2 aliphatic rings. The number of rotatable bonds is 3. The molecule has 19 heavy (non-hydrogen) atoms. The number of urea groups is 1. The SMILES string of the molecule is O=C(O)CC1CN(C(=O)NC2CCCCCCC2)C1. The fourth-order valence-electron chi connectivity index (χ4n) is 2.98. The van der Waals surface area contributed by atoms with Gasteiger partial charge in [-0.2, -0.15) is 0 Å². The zero-order chi connectivity index (χ0) is 13.7. The quantitative estimate of drug-likeness (QED) is 0.824. The summed E-state index contributed by atoms with van der Waals surface area (Å²) < 4.78 is 0. The minimum absolute atomic E-state index is 0.00721. The van der Waals surface area contributed by atoms with Crippen LogP contribution >= 0.6 is 0 Å². The van der Waals surface area contributed by atoms with Gasteiger partial charge < -0.3 is 15.3 Å². The number of carboxylic acids is 1. The van der Waals surface area contributed by atoms with Crippen molar-refractivity contribution in [3.05, 3.63) is 0 Å². The van der Waals surface area contributed by atoms with Gasteiger partial charge in [-0.15, -0.1) is 0 Å². The van der Waals surface area contributed by atoms with Gasteiger partial charge in [0.25, 0.3) is 0 Å². The zero-order valence-electron chi connectivity index (χ0n) is 11.4. The number of aliphatic carboxylic acids is 1. The monoisotopic (exact) mass is 268 g/mol. The first-order valence-electron chi connectivity index (χ1n) is 7.42. The zero-order valence-corrected chi connectivity index (χ0v) is 11.4. The molecule has 0 unspecified atom stereocenters. The molecule has 2 amide bonds. The minimum atomic E-state index is -0.773. The van der Waals surface area contributed by atoms with Crippen LogP contribution < -0.4 is 5.32 Å². The highest BCUT2D eigenvalue weighted by Crippen LogP contribution is 2.21. The summed E-state index contributed by atoms with van der Waals surface area (Å²) >= 11 is 0. The molecule has 0 aromatic rings. The molecule has 2 fully saturated rings. The van der Waals surface area contributed by atoms with E-state index < -0.39 is 5.97 Å². The lowest BCUT2D eigenvalue weighted by molar-refractivity contribution is -0.139. The van der Waals surface area contributed by atoms with E-state index in [-0.39, 0.29) is 18.4 Å². The van der Waals surface area contributed by atoms with Crippen molar-refractivity contribution in [1.82, 2.24) is 10.2 Å². The van der Waals surface area contributed by atoms with E-state index in [2.05, 4.69) is 5.32 Å². The molecule has 0 bridgehead atoms. The van der Waals surface area contributed by atoms with Crippen LogP contribution in [0.1, 0.15) is 51.4 Å². The summed E-state index contributed by atoms with van der Waals surface area (Å²) in [4.78, 5) is 24.3. The summed E-state index contributed by atoms with van der Waals surface area (Å²) in [5.41, 5.74) is 0. The first-order valence-corrected chi connectivity index (χ1v) is 7.42. The fraction of sp³-hybridized carbons (Fsp3) is 0.857. The third kappa shape index (κ3) is 4.40. The van der Waals surface area contributed by atoms with Gasteiger partial charge in [0.05, 0.1) is 6.42 Å². The lowest BCUT2D eigenvalue weighted by Crippen LogP contribution is -2.55. The van der Waals surface area contributed by atoms with Crippen LogP contribution in [-0.2, 0) is 4.79 Å². The Hall–Kier alpha value is -1.26. The van der Waals surface area contributed by atoms with E-state index in [0.29, 0.717) is 19.1 Å². The van der Waals surface area contributed by atoms with Crippen molar-refractivity contribution in [2.24, 2.45) is 5.92 Å². The third-order valence-electron chi connectivity index (χ3n) is 4.14. The Morgan fingerprint density at radius 2 is 1.63 bits per heavy atom. The van der Waals surface area contributed by atoms with Crippen LogP contribution in [0.5, 0.6) is 0 Å². The Bertz CT molecular complexity index is 319. The number of hydrogen-bond donors (Lipinski definition) is 2. The summed E-state index contributed by atoms with van der Waals surface area (Å²) in [6, 6.07) is 0.304. The number of carbonyl (C=O) groups is 2. The van der Waals surface area contributed by atoms with Gasteiger partial charge in [0.2, 0.25) is 0 Å². The predicted octanol–water partition coefficient (Wildman–Crippen LogP) is 2.22. The van der Waals surface area contributed by atoms with Crippen LogP contribution in [0.4, 0.5) is 4.79 Å². The van der Waals surface area contributed by atoms with Crippen LogP contribution in [0.25, 0.3) is 0 Å². The summed E-state index contributed by atoms with van der Waals surface area (Å²) in [7, 11) is 0. The van der Waals surface area contributed by atoms with Gasteiger partial charge >= 0.3 is 12.0 Å². The number of amides is 2. The number of nitrogens with one attached hydrogen (secondary N) is 1. The van der Waals surface area contributed by atoms with Crippen molar-refractivity contribution in [2.45, 2.75) is 57.4 Å². The fourth-order valence-corrected chi connectivity index (χ4v) is 2.98. The number of hydrogen-bond acceptors (Lipinski definition) is 2. The highest BCUT2D eigenvalue weighted by Gasteiger charge is 2.32. The molecule has 1 aliphatic carbocycles. The third-order valence-corrected chi connectivity index (χ3v) is 4.14. The molecule has 2 N–H and O–H groups in total. The van der Waals surface area contributed by atoms with E-state index in [4.69, 9.17) is 5.11 Å². The molecule has 0 spiro atoms. The van der Waals surface area contributed by atoms with E-state index >= 15 is 0 Å². The molecule has 1 saturated heterocycles. The molecule has 0 aromatic heterocycles. The maximum Gasteiger partial charge on any atom is 0.317 e. The van der Waals surface area contributed by atoms with E-state index in [1.807, 2.05) is 0 Å². The van der Waals surface area contributed by atoms with Crippen LogP contribution in [0.3, 0.4) is 0 Å². The summed E-state index contributed by atoms with van der Waals surface area (Å²) in [6.07, 6.45) is 8.61. The van der Waals surface area contributed by atoms with Gasteiger partial charge in [0.15, 0.2) is 0 Å². The summed E-state index contributed by atoms with van der Waals surface area (Å²) in [5, 5.41) is 11.8. The summed E-state index contributed by atoms with van der Waals surface area (Å²) in [5.74, 6) is -0.634. The first-order chi connectivity index (χ1) is 9.15. The number of nitrogens with zero attached hydrogens (tertiary/aromatic N) is 1. The largest absolute Gasteiger partial charge is 0.481 e. The Labute approximate surface area is 114 Å². The van der Waals surface area contributed by atoms with Gasteiger partial charge in [-0.1, -0.05) is 32.1 Å². The minimum Gasteiger partial charge on any atom is -0.481 e. The van der Waals surface area contributed by atoms with Crippen molar-refractivity contribution >= 4 is 12.0 Å². The average Bonchev–Trinajstić information content (AvgIpc) is 2.26. The lowest BCUT2D eigenvalue weighted by Gasteiger charge is -2.39.